The molecule has 148 valence electrons. The Bertz CT molecular complexity index is 861. The average Bonchev–Trinajstić information content (AvgIpc) is 2.67. The second kappa shape index (κ2) is 7.67. The minimum atomic E-state index is -2.55. The first-order valence-corrected chi connectivity index (χ1v) is 9.03. The number of carbonyl (C=O) groups is 1. The monoisotopic (exact) mass is 387 g/mol. The molecule has 0 bridgehead atoms. The minimum Gasteiger partial charge on any atom is -0.388 e. The van der Waals surface area contributed by atoms with Crippen LogP contribution in [0.4, 0.5) is 14.5 Å². The number of aliphatic hydroxyl groups is 1. The Kier molecular flexibility index (Phi) is 5.47. The number of rotatable bonds is 5. The van der Waals surface area contributed by atoms with Gasteiger partial charge in [-0.25, -0.2) is 13.8 Å². The van der Waals surface area contributed by atoms with Crippen molar-refractivity contribution in [1.29, 1.82) is 0 Å². The van der Waals surface area contributed by atoms with E-state index in [9.17, 15) is 18.7 Å². The molecule has 2 aromatic rings. The number of amides is 1. The van der Waals surface area contributed by atoms with Crippen LogP contribution >= 0.6 is 0 Å². The van der Waals surface area contributed by atoms with Crippen LogP contribution in [0.3, 0.4) is 0 Å². The van der Waals surface area contributed by atoms with Gasteiger partial charge in [0.05, 0.1) is 29.2 Å². The lowest BCUT2D eigenvalue weighted by Gasteiger charge is -2.47. The van der Waals surface area contributed by atoms with Gasteiger partial charge >= 0.3 is 0 Å². The molecule has 0 fully saturated rings. The number of carbonyl (C=O) groups excluding carboxylic acids is 1. The molecule has 5 nitrogen and oxygen atoms in total. The Morgan fingerprint density at radius 2 is 1.86 bits per heavy atom. The molecule has 28 heavy (non-hydrogen) atoms. The first-order chi connectivity index (χ1) is 13.2. The second-order valence-electron chi connectivity index (χ2n) is 7.31. The number of hydrazine groups is 1. The van der Waals surface area contributed by atoms with Crippen LogP contribution in [0.25, 0.3) is 5.70 Å². The van der Waals surface area contributed by atoms with E-state index in [2.05, 4.69) is 4.98 Å². The number of pyridine rings is 1. The molecule has 2 heterocycles. The van der Waals surface area contributed by atoms with E-state index in [4.69, 9.17) is 0 Å². The van der Waals surface area contributed by atoms with Crippen LogP contribution in [-0.2, 0) is 4.79 Å². The third-order valence-electron chi connectivity index (χ3n) is 4.91. The smallest absolute Gasteiger partial charge is 0.263 e. The summed E-state index contributed by atoms with van der Waals surface area (Å²) in [7, 11) is 0. The molecule has 1 aliphatic heterocycles. The van der Waals surface area contributed by atoms with E-state index in [1.165, 1.54) is 17.1 Å². The summed E-state index contributed by atoms with van der Waals surface area (Å²) >= 11 is 0. The summed E-state index contributed by atoms with van der Waals surface area (Å²) in [6.45, 7) is 5.13. The van der Waals surface area contributed by atoms with Crippen LogP contribution < -0.4 is 5.01 Å². The number of aromatic nitrogens is 1. The molecular weight excluding hydrogens is 364 g/mol. The highest BCUT2D eigenvalue weighted by atomic mass is 19.3. The van der Waals surface area contributed by atoms with E-state index in [1.54, 1.807) is 61.6 Å². The third-order valence-corrected chi connectivity index (χ3v) is 4.91. The van der Waals surface area contributed by atoms with Crippen molar-refractivity contribution in [3.8, 4) is 0 Å². The van der Waals surface area contributed by atoms with Gasteiger partial charge in [-0.1, -0.05) is 24.3 Å². The van der Waals surface area contributed by atoms with Gasteiger partial charge in [0.25, 0.3) is 6.43 Å². The van der Waals surface area contributed by atoms with Crippen molar-refractivity contribution in [3.63, 3.8) is 0 Å². The summed E-state index contributed by atoms with van der Waals surface area (Å²) < 4.78 is 25.8. The van der Waals surface area contributed by atoms with Gasteiger partial charge in [0.2, 0.25) is 5.91 Å². The highest BCUT2D eigenvalue weighted by molar-refractivity contribution is 5.97. The minimum absolute atomic E-state index is 0.0672. The zero-order valence-corrected chi connectivity index (χ0v) is 16.0. The van der Waals surface area contributed by atoms with E-state index >= 15 is 0 Å². The zero-order chi connectivity index (χ0) is 20.5. The number of anilines is 1. The molecule has 0 spiro atoms. The molecule has 1 amide bonds. The highest BCUT2D eigenvalue weighted by Gasteiger charge is 2.38. The molecule has 1 aromatic heterocycles. The highest BCUT2D eigenvalue weighted by Crippen LogP contribution is 2.35. The van der Waals surface area contributed by atoms with Crippen molar-refractivity contribution in [2.24, 2.45) is 0 Å². The summed E-state index contributed by atoms with van der Waals surface area (Å²) in [5.41, 5.74) is 0.710. The molecule has 0 aliphatic carbocycles. The lowest BCUT2D eigenvalue weighted by atomic mass is 9.97. The van der Waals surface area contributed by atoms with Gasteiger partial charge in [-0.2, -0.15) is 0 Å². The molecule has 0 saturated carbocycles. The molecule has 0 unspecified atom stereocenters. The number of alkyl halides is 2. The summed E-state index contributed by atoms with van der Waals surface area (Å²) in [5, 5.41) is 13.8. The van der Waals surface area contributed by atoms with E-state index < -0.39 is 18.1 Å². The fourth-order valence-corrected chi connectivity index (χ4v) is 3.07. The summed E-state index contributed by atoms with van der Waals surface area (Å²) in [5.74, 6) is -0.169. The van der Waals surface area contributed by atoms with E-state index in [1.807, 2.05) is 6.92 Å². The fraction of sp³-hybridized carbons (Fsp3) is 0.333. The predicted octanol–water partition coefficient (Wildman–Crippen LogP) is 4.17. The van der Waals surface area contributed by atoms with Crippen LogP contribution in [0.5, 0.6) is 0 Å². The van der Waals surface area contributed by atoms with Gasteiger partial charge in [-0.3, -0.25) is 14.8 Å². The first kappa shape index (κ1) is 19.9. The second-order valence-corrected chi connectivity index (χ2v) is 7.31. The summed E-state index contributed by atoms with van der Waals surface area (Å²) in [4.78, 5) is 16.9. The standard InChI is InChI=1S/C21H23F2N3O2/c1-14(21(2,3)28)25-18(15-6-8-16(9-7-15)20(22)23)10-11-19(27)26(25)17-5-4-12-24-13-17/h4-10,12-14,20,28H,11H2,1-3H3/t14-/m0/s1. The van der Waals surface area contributed by atoms with Gasteiger partial charge in [0.1, 0.15) is 0 Å². The lowest BCUT2D eigenvalue weighted by Crippen LogP contribution is -2.58. The molecule has 1 aromatic carbocycles. The van der Waals surface area contributed by atoms with Gasteiger partial charge in [-0.05, 0) is 44.5 Å². The normalized spacial score (nSPS) is 16.4. The van der Waals surface area contributed by atoms with E-state index in [0.717, 1.165) is 0 Å². The Morgan fingerprint density at radius 1 is 1.18 bits per heavy atom. The predicted molar refractivity (Wildman–Crippen MR) is 103 cm³/mol. The molecular formula is C21H23F2N3O2. The SMILES string of the molecule is C[C@H](N1C(c2ccc(C(F)F)cc2)=CCC(=O)N1c1cccnc1)C(C)(C)O. The first-order valence-electron chi connectivity index (χ1n) is 9.03. The van der Waals surface area contributed by atoms with Crippen LogP contribution in [0.15, 0.2) is 54.9 Å². The number of nitrogens with zero attached hydrogens (tertiary/aromatic N) is 3. The Labute approximate surface area is 162 Å². The van der Waals surface area contributed by atoms with E-state index in [-0.39, 0.29) is 17.9 Å². The molecule has 0 radical (unpaired) electrons. The number of hydrogen-bond acceptors (Lipinski definition) is 4. The quantitative estimate of drug-likeness (QED) is 0.837. The van der Waals surface area contributed by atoms with Gasteiger partial charge in [-0.15, -0.1) is 0 Å². The summed E-state index contributed by atoms with van der Waals surface area (Å²) in [6, 6.07) is 8.96. The largest absolute Gasteiger partial charge is 0.388 e. The van der Waals surface area contributed by atoms with Crippen molar-refractivity contribution in [3.05, 3.63) is 66.0 Å². The Hall–Kier alpha value is -2.80. The molecule has 7 heteroatoms. The van der Waals surface area contributed by atoms with Crippen LogP contribution in [0.2, 0.25) is 0 Å². The van der Waals surface area contributed by atoms with Crippen molar-refractivity contribution >= 4 is 17.3 Å². The fourth-order valence-electron chi connectivity index (χ4n) is 3.07. The molecule has 0 saturated heterocycles. The van der Waals surface area contributed by atoms with Crippen molar-refractivity contribution in [2.75, 3.05) is 5.01 Å². The van der Waals surface area contributed by atoms with Crippen LogP contribution in [-0.4, -0.2) is 32.6 Å². The maximum atomic E-state index is 12.9. The number of halogens is 2. The van der Waals surface area contributed by atoms with Gasteiger partial charge in [0.15, 0.2) is 0 Å². The van der Waals surface area contributed by atoms with Crippen molar-refractivity contribution in [1.82, 2.24) is 9.99 Å². The Balaban J connectivity index is 2.10. The molecule has 3 rings (SSSR count). The van der Waals surface area contributed by atoms with Crippen LogP contribution in [0, 0.1) is 0 Å². The number of hydrogen-bond donors (Lipinski definition) is 1. The molecule has 1 aliphatic rings. The average molecular weight is 387 g/mol. The van der Waals surface area contributed by atoms with Crippen molar-refractivity contribution in [2.45, 2.75) is 45.3 Å². The van der Waals surface area contributed by atoms with Gasteiger partial charge < -0.3 is 5.11 Å². The lowest BCUT2D eigenvalue weighted by molar-refractivity contribution is -0.122. The van der Waals surface area contributed by atoms with Crippen molar-refractivity contribution < 1.29 is 18.7 Å². The number of benzene rings is 1. The Morgan fingerprint density at radius 3 is 2.39 bits per heavy atom. The molecule has 1 atom stereocenters. The molecule has 1 N–H and O–H groups in total. The van der Waals surface area contributed by atoms with Gasteiger partial charge in [0, 0.05) is 18.2 Å². The zero-order valence-electron chi connectivity index (χ0n) is 16.0. The topological polar surface area (TPSA) is 56.7 Å². The third kappa shape index (κ3) is 3.89. The summed E-state index contributed by atoms with van der Waals surface area (Å²) in [6.07, 6.45) is 2.55. The maximum absolute atomic E-state index is 12.9. The van der Waals surface area contributed by atoms with Crippen LogP contribution in [0.1, 0.15) is 44.7 Å². The maximum Gasteiger partial charge on any atom is 0.263 e. The van der Waals surface area contributed by atoms with E-state index in [0.29, 0.717) is 16.9 Å².